The molecule has 0 bridgehead atoms. The predicted octanol–water partition coefficient (Wildman–Crippen LogP) is 4.76. The van der Waals surface area contributed by atoms with Crippen molar-refractivity contribution in [3.8, 4) is 0 Å². The van der Waals surface area contributed by atoms with E-state index in [1.165, 1.54) is 11.1 Å². The molecule has 1 aliphatic heterocycles. The summed E-state index contributed by atoms with van der Waals surface area (Å²) in [6.07, 6.45) is 1.08. The van der Waals surface area contributed by atoms with Crippen LogP contribution in [-0.2, 0) is 0 Å². The van der Waals surface area contributed by atoms with E-state index in [2.05, 4.69) is 39.4 Å². The largest absolute Gasteiger partial charge is 0.316 e. The smallest absolute Gasteiger partial charge is 0.126 e. The standard InChI is InChI=1S/C18H19BrFN/c1-12-10-13(6-7-18(12)20)14-8-9-21-11-16(14)15-4-2-3-5-17(15)19/h2-7,10,14,16,21H,8-9,11H2,1H3. The summed E-state index contributed by atoms with van der Waals surface area (Å²) in [5.41, 5.74) is 3.31. The number of rotatable bonds is 2. The summed E-state index contributed by atoms with van der Waals surface area (Å²) >= 11 is 3.67. The molecule has 2 unspecified atom stereocenters. The molecular weight excluding hydrogens is 329 g/mol. The molecule has 1 N–H and O–H groups in total. The fourth-order valence-electron chi connectivity index (χ4n) is 3.26. The van der Waals surface area contributed by atoms with E-state index in [-0.39, 0.29) is 5.82 Å². The highest BCUT2D eigenvalue weighted by Gasteiger charge is 2.29. The lowest BCUT2D eigenvalue weighted by Crippen LogP contribution is -2.34. The summed E-state index contributed by atoms with van der Waals surface area (Å²) in [5.74, 6) is 0.730. The molecule has 2 aromatic carbocycles. The minimum Gasteiger partial charge on any atom is -0.316 e. The first-order chi connectivity index (χ1) is 10.2. The fraction of sp³-hybridized carbons (Fsp3) is 0.333. The van der Waals surface area contributed by atoms with Crippen molar-refractivity contribution in [2.24, 2.45) is 0 Å². The molecule has 1 aliphatic rings. The third kappa shape index (κ3) is 3.04. The second-order valence-electron chi connectivity index (χ2n) is 5.74. The molecule has 2 aromatic rings. The molecule has 0 amide bonds. The van der Waals surface area contributed by atoms with Crippen molar-refractivity contribution in [2.45, 2.75) is 25.2 Å². The highest BCUT2D eigenvalue weighted by molar-refractivity contribution is 9.10. The monoisotopic (exact) mass is 347 g/mol. The molecule has 3 rings (SSSR count). The van der Waals surface area contributed by atoms with Crippen LogP contribution in [0.15, 0.2) is 46.9 Å². The first-order valence-corrected chi connectivity index (χ1v) is 8.17. The lowest BCUT2D eigenvalue weighted by atomic mass is 9.77. The fourth-order valence-corrected chi connectivity index (χ4v) is 3.84. The number of nitrogens with one attached hydrogen (secondary N) is 1. The Morgan fingerprint density at radius 3 is 2.71 bits per heavy atom. The van der Waals surface area contributed by atoms with Crippen molar-refractivity contribution >= 4 is 15.9 Å². The molecule has 1 nitrogen and oxygen atoms in total. The van der Waals surface area contributed by atoms with E-state index in [1.54, 1.807) is 6.07 Å². The Labute approximate surface area is 133 Å². The van der Waals surface area contributed by atoms with E-state index in [0.717, 1.165) is 29.5 Å². The summed E-state index contributed by atoms with van der Waals surface area (Å²) in [5, 5.41) is 3.49. The molecular formula is C18H19BrFN. The Morgan fingerprint density at radius 2 is 1.95 bits per heavy atom. The number of hydrogen-bond acceptors (Lipinski definition) is 1. The highest BCUT2D eigenvalue weighted by atomic mass is 79.9. The quantitative estimate of drug-likeness (QED) is 0.825. The Balaban J connectivity index is 1.98. The molecule has 1 fully saturated rings. The van der Waals surface area contributed by atoms with E-state index in [0.29, 0.717) is 11.8 Å². The maximum atomic E-state index is 13.5. The zero-order valence-electron chi connectivity index (χ0n) is 12.1. The number of hydrogen-bond donors (Lipinski definition) is 1. The van der Waals surface area contributed by atoms with Crippen molar-refractivity contribution in [3.63, 3.8) is 0 Å². The van der Waals surface area contributed by atoms with Crippen LogP contribution < -0.4 is 5.32 Å². The predicted molar refractivity (Wildman–Crippen MR) is 88.2 cm³/mol. The zero-order valence-corrected chi connectivity index (χ0v) is 13.7. The Kier molecular flexibility index (Phi) is 4.41. The highest BCUT2D eigenvalue weighted by Crippen LogP contribution is 2.40. The molecule has 21 heavy (non-hydrogen) atoms. The SMILES string of the molecule is Cc1cc(C2CCNCC2c2ccccc2Br)ccc1F. The summed E-state index contributed by atoms with van der Waals surface area (Å²) in [4.78, 5) is 0. The summed E-state index contributed by atoms with van der Waals surface area (Å²) in [6, 6.07) is 14.0. The van der Waals surface area contributed by atoms with E-state index in [9.17, 15) is 4.39 Å². The van der Waals surface area contributed by atoms with Gasteiger partial charge in [-0.3, -0.25) is 0 Å². The topological polar surface area (TPSA) is 12.0 Å². The molecule has 0 aromatic heterocycles. The molecule has 0 saturated carbocycles. The maximum Gasteiger partial charge on any atom is 0.126 e. The van der Waals surface area contributed by atoms with Crippen molar-refractivity contribution in [2.75, 3.05) is 13.1 Å². The van der Waals surface area contributed by atoms with Crippen LogP contribution in [0.2, 0.25) is 0 Å². The zero-order chi connectivity index (χ0) is 14.8. The van der Waals surface area contributed by atoms with E-state index in [1.807, 2.05) is 25.1 Å². The molecule has 1 heterocycles. The average Bonchev–Trinajstić information content (AvgIpc) is 2.51. The van der Waals surface area contributed by atoms with Crippen LogP contribution >= 0.6 is 15.9 Å². The van der Waals surface area contributed by atoms with E-state index >= 15 is 0 Å². The van der Waals surface area contributed by atoms with Gasteiger partial charge < -0.3 is 5.32 Å². The van der Waals surface area contributed by atoms with Gasteiger partial charge in [0.1, 0.15) is 5.82 Å². The minimum atomic E-state index is -0.120. The van der Waals surface area contributed by atoms with Gasteiger partial charge in [0.05, 0.1) is 0 Å². The van der Waals surface area contributed by atoms with Crippen LogP contribution in [0.4, 0.5) is 4.39 Å². The third-order valence-corrected chi connectivity index (χ3v) is 5.12. The van der Waals surface area contributed by atoms with E-state index < -0.39 is 0 Å². The van der Waals surface area contributed by atoms with Crippen LogP contribution in [0, 0.1) is 12.7 Å². The first kappa shape index (κ1) is 14.7. The van der Waals surface area contributed by atoms with Gasteiger partial charge in [0.25, 0.3) is 0 Å². The maximum absolute atomic E-state index is 13.5. The number of piperidine rings is 1. The minimum absolute atomic E-state index is 0.120. The number of halogens is 2. The van der Waals surface area contributed by atoms with Gasteiger partial charge in [-0.15, -0.1) is 0 Å². The number of aryl methyl sites for hydroxylation is 1. The Bertz CT molecular complexity index is 641. The van der Waals surface area contributed by atoms with Crippen LogP contribution in [0.5, 0.6) is 0 Å². The van der Waals surface area contributed by atoms with Gasteiger partial charge in [-0.05, 0) is 54.6 Å². The third-order valence-electron chi connectivity index (χ3n) is 4.40. The molecule has 0 aliphatic carbocycles. The second kappa shape index (κ2) is 6.29. The second-order valence-corrected chi connectivity index (χ2v) is 6.59. The molecule has 1 saturated heterocycles. The normalized spacial score (nSPS) is 22.2. The lowest BCUT2D eigenvalue weighted by molar-refractivity contribution is 0.402. The van der Waals surface area contributed by atoms with Crippen molar-refractivity contribution in [1.29, 1.82) is 0 Å². The van der Waals surface area contributed by atoms with E-state index in [4.69, 9.17) is 0 Å². The van der Waals surface area contributed by atoms with Crippen molar-refractivity contribution < 1.29 is 4.39 Å². The van der Waals surface area contributed by atoms with Gasteiger partial charge >= 0.3 is 0 Å². The van der Waals surface area contributed by atoms with Crippen LogP contribution in [-0.4, -0.2) is 13.1 Å². The average molecular weight is 348 g/mol. The van der Waals surface area contributed by atoms with Crippen LogP contribution in [0.3, 0.4) is 0 Å². The molecule has 3 heteroatoms. The molecule has 2 atom stereocenters. The molecule has 0 spiro atoms. The van der Waals surface area contributed by atoms with Gasteiger partial charge in [-0.25, -0.2) is 4.39 Å². The van der Waals surface area contributed by atoms with Crippen molar-refractivity contribution in [3.05, 3.63) is 69.4 Å². The Hall–Kier alpha value is -1.19. The molecule has 0 radical (unpaired) electrons. The Morgan fingerprint density at radius 1 is 1.14 bits per heavy atom. The van der Waals surface area contributed by atoms with Gasteiger partial charge in [0.2, 0.25) is 0 Å². The van der Waals surface area contributed by atoms with Crippen LogP contribution in [0.1, 0.15) is 34.9 Å². The van der Waals surface area contributed by atoms with Gasteiger partial charge in [-0.1, -0.05) is 46.3 Å². The van der Waals surface area contributed by atoms with Crippen LogP contribution in [0.25, 0.3) is 0 Å². The number of benzene rings is 2. The van der Waals surface area contributed by atoms with Gasteiger partial charge in [0, 0.05) is 16.9 Å². The lowest BCUT2D eigenvalue weighted by Gasteiger charge is -2.33. The summed E-state index contributed by atoms with van der Waals surface area (Å²) in [6.45, 7) is 3.82. The van der Waals surface area contributed by atoms with Crippen molar-refractivity contribution in [1.82, 2.24) is 5.32 Å². The van der Waals surface area contributed by atoms with Gasteiger partial charge in [0.15, 0.2) is 0 Å². The summed E-state index contributed by atoms with van der Waals surface area (Å²) in [7, 11) is 0. The summed E-state index contributed by atoms with van der Waals surface area (Å²) < 4.78 is 14.7. The molecule has 110 valence electrons. The van der Waals surface area contributed by atoms with Gasteiger partial charge in [-0.2, -0.15) is 0 Å². The first-order valence-electron chi connectivity index (χ1n) is 7.38.